The summed E-state index contributed by atoms with van der Waals surface area (Å²) >= 11 is 0. The van der Waals surface area contributed by atoms with Crippen molar-refractivity contribution >= 4 is 5.91 Å². The fourth-order valence-electron chi connectivity index (χ4n) is 2.19. The molecule has 0 bridgehead atoms. The first-order valence-corrected chi connectivity index (χ1v) is 6.18. The molecule has 1 radical (unpaired) electrons. The normalized spacial score (nSPS) is 16.9. The van der Waals surface area contributed by atoms with Crippen molar-refractivity contribution in [3.63, 3.8) is 0 Å². The Bertz CT molecular complexity index is 366. The van der Waals surface area contributed by atoms with Gasteiger partial charge in [-0.25, -0.2) is 0 Å². The van der Waals surface area contributed by atoms with Crippen LogP contribution >= 0.6 is 0 Å². The van der Waals surface area contributed by atoms with Crippen molar-refractivity contribution in [2.45, 2.75) is 19.3 Å². The van der Waals surface area contributed by atoms with Crippen LogP contribution in [0.1, 0.15) is 28.8 Å². The number of carbonyl (C=O) groups is 1. The number of rotatable bonds is 4. The molecule has 1 saturated heterocycles. The van der Waals surface area contributed by atoms with E-state index >= 15 is 0 Å². The molecule has 1 aromatic rings. The van der Waals surface area contributed by atoms with Crippen molar-refractivity contribution in [3.8, 4) is 0 Å². The number of piperidine rings is 1. The smallest absolute Gasteiger partial charge is 0.248 e. The standard InChI is InChI=1S/C14H19N2O/c15-14(17)13-5-3-11(4-6-13)1-2-12-7-9-16-10-8-12/h2-6,12,16H,1,7-10H2,(H2,15,17). The molecule has 1 aromatic carbocycles. The monoisotopic (exact) mass is 231 g/mol. The van der Waals surface area contributed by atoms with Gasteiger partial charge in [-0.2, -0.15) is 0 Å². The quantitative estimate of drug-likeness (QED) is 0.825. The number of amides is 1. The van der Waals surface area contributed by atoms with Gasteiger partial charge >= 0.3 is 0 Å². The first-order chi connectivity index (χ1) is 8.25. The van der Waals surface area contributed by atoms with Gasteiger partial charge < -0.3 is 11.1 Å². The van der Waals surface area contributed by atoms with Crippen LogP contribution in [0.25, 0.3) is 0 Å². The minimum atomic E-state index is -0.362. The predicted octanol–water partition coefficient (Wildman–Crippen LogP) is 1.53. The number of benzene rings is 1. The van der Waals surface area contributed by atoms with E-state index < -0.39 is 0 Å². The maximum atomic E-state index is 10.9. The molecule has 0 spiro atoms. The highest BCUT2D eigenvalue weighted by atomic mass is 16.1. The summed E-state index contributed by atoms with van der Waals surface area (Å²) in [5.41, 5.74) is 7.02. The minimum Gasteiger partial charge on any atom is -0.366 e. The lowest BCUT2D eigenvalue weighted by atomic mass is 9.91. The first-order valence-electron chi connectivity index (χ1n) is 6.18. The third kappa shape index (κ3) is 3.56. The Hall–Kier alpha value is -1.35. The Balaban J connectivity index is 1.84. The van der Waals surface area contributed by atoms with Gasteiger partial charge in [-0.3, -0.25) is 4.79 Å². The van der Waals surface area contributed by atoms with E-state index in [2.05, 4.69) is 11.7 Å². The third-order valence-corrected chi connectivity index (χ3v) is 3.31. The van der Waals surface area contributed by atoms with Crippen LogP contribution < -0.4 is 11.1 Å². The predicted molar refractivity (Wildman–Crippen MR) is 68.6 cm³/mol. The lowest BCUT2D eigenvalue weighted by Crippen LogP contribution is -2.28. The van der Waals surface area contributed by atoms with Crippen molar-refractivity contribution in [1.82, 2.24) is 5.32 Å². The zero-order chi connectivity index (χ0) is 12.1. The second kappa shape index (κ2) is 5.82. The number of nitrogens with one attached hydrogen (secondary N) is 1. The molecule has 0 atom stereocenters. The third-order valence-electron chi connectivity index (χ3n) is 3.31. The van der Waals surface area contributed by atoms with E-state index in [9.17, 15) is 4.79 Å². The molecule has 1 amide bonds. The van der Waals surface area contributed by atoms with E-state index in [0.29, 0.717) is 5.56 Å². The van der Waals surface area contributed by atoms with Crippen LogP contribution in [-0.4, -0.2) is 19.0 Å². The Morgan fingerprint density at radius 1 is 1.29 bits per heavy atom. The Kier molecular flexibility index (Phi) is 4.15. The zero-order valence-electron chi connectivity index (χ0n) is 9.99. The summed E-state index contributed by atoms with van der Waals surface area (Å²) in [6.45, 7) is 2.25. The summed E-state index contributed by atoms with van der Waals surface area (Å²) in [6, 6.07) is 7.57. The summed E-state index contributed by atoms with van der Waals surface area (Å²) in [5, 5.41) is 3.36. The number of nitrogens with two attached hydrogens (primary N) is 1. The molecule has 0 saturated carbocycles. The van der Waals surface area contributed by atoms with Gasteiger partial charge in [0, 0.05) is 5.56 Å². The van der Waals surface area contributed by atoms with Crippen LogP contribution in [0.3, 0.4) is 0 Å². The molecule has 1 fully saturated rings. The largest absolute Gasteiger partial charge is 0.366 e. The molecular weight excluding hydrogens is 212 g/mol. The van der Waals surface area contributed by atoms with Crippen molar-refractivity contribution in [2.24, 2.45) is 11.7 Å². The SMILES string of the molecule is NC(=O)c1ccc(C[CH]C2CCNCC2)cc1. The van der Waals surface area contributed by atoms with Gasteiger partial charge in [0.25, 0.3) is 0 Å². The van der Waals surface area contributed by atoms with Crippen LogP contribution in [0, 0.1) is 12.3 Å². The van der Waals surface area contributed by atoms with Crippen LogP contribution in [0.2, 0.25) is 0 Å². The highest BCUT2D eigenvalue weighted by Crippen LogP contribution is 2.17. The second-order valence-electron chi connectivity index (χ2n) is 4.59. The van der Waals surface area contributed by atoms with E-state index in [4.69, 9.17) is 5.73 Å². The highest BCUT2D eigenvalue weighted by molar-refractivity contribution is 5.92. The molecule has 0 unspecified atom stereocenters. The molecule has 1 aliphatic heterocycles. The molecule has 3 N–H and O–H groups in total. The first kappa shape index (κ1) is 12.1. The van der Waals surface area contributed by atoms with Crippen LogP contribution in [-0.2, 0) is 6.42 Å². The van der Waals surface area contributed by atoms with Crippen LogP contribution in [0.15, 0.2) is 24.3 Å². The van der Waals surface area contributed by atoms with E-state index in [1.807, 2.05) is 12.1 Å². The average molecular weight is 231 g/mol. The fourth-order valence-corrected chi connectivity index (χ4v) is 2.19. The van der Waals surface area contributed by atoms with E-state index in [1.54, 1.807) is 12.1 Å². The molecular formula is C14H19N2O. The molecule has 1 heterocycles. The average Bonchev–Trinajstić information content (AvgIpc) is 2.38. The molecule has 0 aromatic heterocycles. The fraction of sp³-hybridized carbons (Fsp3) is 0.429. The van der Waals surface area contributed by atoms with Gasteiger partial charge in [-0.15, -0.1) is 0 Å². The number of primary amides is 1. The summed E-state index contributed by atoms with van der Waals surface area (Å²) in [7, 11) is 0. The highest BCUT2D eigenvalue weighted by Gasteiger charge is 2.12. The lowest BCUT2D eigenvalue weighted by molar-refractivity contribution is 0.100. The maximum Gasteiger partial charge on any atom is 0.248 e. The maximum absolute atomic E-state index is 10.9. The van der Waals surface area contributed by atoms with Crippen molar-refractivity contribution in [3.05, 3.63) is 41.8 Å². The zero-order valence-corrected chi connectivity index (χ0v) is 9.99. The molecule has 2 rings (SSSR count). The molecule has 3 heteroatoms. The molecule has 17 heavy (non-hydrogen) atoms. The summed E-state index contributed by atoms with van der Waals surface area (Å²) in [5.74, 6) is 0.367. The topological polar surface area (TPSA) is 55.1 Å². The van der Waals surface area contributed by atoms with Gasteiger partial charge in [0.15, 0.2) is 0 Å². The van der Waals surface area contributed by atoms with Gasteiger partial charge in [-0.1, -0.05) is 12.1 Å². The van der Waals surface area contributed by atoms with Gasteiger partial charge in [-0.05, 0) is 62.4 Å². The molecule has 3 nitrogen and oxygen atoms in total. The number of hydrogen-bond donors (Lipinski definition) is 2. The summed E-state index contributed by atoms with van der Waals surface area (Å²) in [6.07, 6.45) is 5.84. The summed E-state index contributed by atoms with van der Waals surface area (Å²) < 4.78 is 0. The van der Waals surface area contributed by atoms with Gasteiger partial charge in [0.1, 0.15) is 0 Å². The number of carbonyl (C=O) groups excluding carboxylic acids is 1. The summed E-state index contributed by atoms with van der Waals surface area (Å²) in [4.78, 5) is 10.9. The van der Waals surface area contributed by atoms with E-state index in [0.717, 1.165) is 25.4 Å². The van der Waals surface area contributed by atoms with Crippen LogP contribution in [0.4, 0.5) is 0 Å². The Morgan fingerprint density at radius 3 is 2.53 bits per heavy atom. The molecule has 0 aliphatic carbocycles. The lowest BCUT2D eigenvalue weighted by Gasteiger charge is -2.22. The van der Waals surface area contributed by atoms with E-state index in [-0.39, 0.29) is 5.91 Å². The number of hydrogen-bond acceptors (Lipinski definition) is 2. The van der Waals surface area contributed by atoms with Gasteiger partial charge in [0.2, 0.25) is 5.91 Å². The molecule has 91 valence electrons. The van der Waals surface area contributed by atoms with Crippen molar-refractivity contribution in [2.75, 3.05) is 13.1 Å². The van der Waals surface area contributed by atoms with Gasteiger partial charge in [0.05, 0.1) is 0 Å². The van der Waals surface area contributed by atoms with Crippen LogP contribution in [0.5, 0.6) is 0 Å². The van der Waals surface area contributed by atoms with Crippen molar-refractivity contribution < 1.29 is 4.79 Å². The Morgan fingerprint density at radius 2 is 1.94 bits per heavy atom. The van der Waals surface area contributed by atoms with Crippen molar-refractivity contribution in [1.29, 1.82) is 0 Å². The van der Waals surface area contributed by atoms with E-state index in [1.165, 1.54) is 18.4 Å². The minimum absolute atomic E-state index is 0.362. The Labute approximate surface area is 102 Å². The second-order valence-corrected chi connectivity index (χ2v) is 4.59. The molecule has 1 aliphatic rings.